The minimum Gasteiger partial charge on any atom is -0.668 e. The van der Waals surface area contributed by atoms with E-state index in [-0.39, 0.29) is 94.7 Å². The predicted octanol–water partition coefficient (Wildman–Crippen LogP) is -12.0. The Morgan fingerprint density at radius 1 is 0.361 bits per heavy atom. The van der Waals surface area contributed by atoms with E-state index in [0.717, 1.165) is 0 Å². The fraction of sp³-hybridized carbons (Fsp3) is 0.964. The molecule has 8 heterocycles. The maximum absolute atomic E-state index is 12.4. The van der Waals surface area contributed by atoms with Gasteiger partial charge >= 0.3 is 0 Å². The van der Waals surface area contributed by atoms with Crippen LogP contribution in [0.25, 0.3) is 11.5 Å². The van der Waals surface area contributed by atoms with E-state index in [1.807, 2.05) is 0 Å². The van der Waals surface area contributed by atoms with Crippen molar-refractivity contribution in [2.45, 2.75) is 279 Å². The van der Waals surface area contributed by atoms with Crippen LogP contribution in [0.2, 0.25) is 0 Å². The number of hydrogen-bond acceptors (Lipinski definition) is 37. The fourth-order valence-corrected chi connectivity index (χ4v) is 12.7. The Bertz CT molecular complexity index is 2350. The summed E-state index contributed by atoms with van der Waals surface area (Å²) in [5.41, 5.74) is 19.1. The first-order valence-electron chi connectivity index (χ1n) is 31.4. The molecule has 8 aliphatic heterocycles. The standard InChI is InChI=1S/C56H96N2O37.2Ac/c1-5-6-19(64)15(2)13-81-52-40(76)31(67)18(21(8-59)86-52)7-20-34(70)49(95-51-28(58)48(94-56-44(80)39(75)33(69)23(10-61)88-56)46(25(12-63)90-51)91-53-41(77)36(72)29(65)16(3)83-53)35(71)26(85-20)14-82-50-27(57)47(93-54-42(78)37(73)30(66)17(4)84-54)45(24(11-62)89-50)92-55-43(79)38(74)32(68)22(9-60)87-55;;/h5-6,15-80H,7-14H2,1-4H3;;/q-2;;/b6-5+;;/t15-,16?,17?,18+,19?,20-,21?,22?,23?,24?,25?,26?,27?,28?,29+,30+,31?,32-,33-,34?,35-,36?,37?,38?,39?,40?,41?,42?,43?,44?,45+,46+,47?,48?,49?,50+,51-,52+,53-,54?,55-,56-;;/m0../s1. The van der Waals surface area contributed by atoms with Crippen LogP contribution in [0.3, 0.4) is 0 Å². The first kappa shape index (κ1) is 87.0. The van der Waals surface area contributed by atoms with Gasteiger partial charge < -0.3 is 195 Å². The molecule has 8 rings (SSSR count). The summed E-state index contributed by atoms with van der Waals surface area (Å²) in [4.78, 5) is 0. The second kappa shape index (κ2) is 38.7. The molecule has 2 radical (unpaired) electrons. The minimum absolute atomic E-state index is 0. The Balaban J connectivity index is 0.00000743. The van der Waals surface area contributed by atoms with E-state index >= 15 is 0 Å². The molecule has 0 aromatic heterocycles. The van der Waals surface area contributed by atoms with Gasteiger partial charge in [-0.05, 0) is 27.2 Å². The first-order chi connectivity index (χ1) is 45.0. The van der Waals surface area contributed by atoms with E-state index in [9.17, 15) is 124 Å². The van der Waals surface area contributed by atoms with E-state index in [1.54, 1.807) is 19.9 Å². The Kier molecular flexibility index (Phi) is 34.7. The van der Waals surface area contributed by atoms with E-state index in [0.29, 0.717) is 0 Å². The summed E-state index contributed by atoms with van der Waals surface area (Å²) < 4.78 is 89.1. The van der Waals surface area contributed by atoms with Crippen molar-refractivity contribution in [2.24, 2.45) is 11.8 Å². The molecule has 0 amide bonds. The molecule has 560 valence electrons. The molecule has 0 spiro atoms. The summed E-state index contributed by atoms with van der Waals surface area (Å²) in [6, 6.07) is -4.12. The maximum Gasteiger partial charge on any atom is 0.187 e. The molecule has 0 aliphatic carbocycles. The maximum atomic E-state index is 12.4. The Hall–Kier alpha value is 1.06. The van der Waals surface area contributed by atoms with E-state index in [1.165, 1.54) is 19.9 Å². The van der Waals surface area contributed by atoms with Gasteiger partial charge in [-0.1, -0.05) is 31.2 Å². The third-order valence-corrected chi connectivity index (χ3v) is 18.7. The average Bonchev–Trinajstić information content (AvgIpc) is 0.773. The van der Waals surface area contributed by atoms with Crippen LogP contribution in [0, 0.1) is 100.0 Å². The molecule has 8 fully saturated rings. The molecule has 41 heteroatoms. The number of allylic oxidation sites excluding steroid dienone is 1. The van der Waals surface area contributed by atoms with Crippen molar-refractivity contribution < 1.29 is 272 Å². The molecule has 42 atom stereocenters. The van der Waals surface area contributed by atoms with Crippen molar-refractivity contribution in [1.82, 2.24) is 0 Å². The number of hydrogen-bond donors (Lipinski definition) is 22. The number of aliphatic hydroxyl groups excluding tert-OH is 22. The molecule has 8 saturated heterocycles. The van der Waals surface area contributed by atoms with E-state index in [4.69, 9.17) is 71.1 Å². The fourth-order valence-electron chi connectivity index (χ4n) is 12.7. The number of ether oxygens (including phenoxy) is 15. The van der Waals surface area contributed by atoms with Crippen molar-refractivity contribution >= 4 is 0 Å². The van der Waals surface area contributed by atoms with Crippen LogP contribution in [0.5, 0.6) is 0 Å². The average molecular weight is 1840 g/mol. The first-order valence-corrected chi connectivity index (χ1v) is 31.4. The Labute approximate surface area is 627 Å². The van der Waals surface area contributed by atoms with Crippen molar-refractivity contribution in [3.8, 4) is 0 Å². The normalized spacial score (nSPS) is 50.7. The molecule has 0 aromatic carbocycles. The summed E-state index contributed by atoms with van der Waals surface area (Å²) in [6.07, 6.45) is -67.5. The van der Waals surface area contributed by atoms with Gasteiger partial charge in [-0.3, -0.25) is 0 Å². The number of nitrogens with one attached hydrogen (secondary N) is 2. The van der Waals surface area contributed by atoms with Gasteiger partial charge in [0.2, 0.25) is 0 Å². The molecule has 0 bridgehead atoms. The van der Waals surface area contributed by atoms with Crippen molar-refractivity contribution in [3.63, 3.8) is 0 Å². The van der Waals surface area contributed by atoms with Gasteiger partial charge in [-0.25, -0.2) is 0 Å². The molecule has 39 nitrogen and oxygen atoms in total. The van der Waals surface area contributed by atoms with Gasteiger partial charge in [0.25, 0.3) is 0 Å². The third-order valence-electron chi connectivity index (χ3n) is 18.7. The summed E-state index contributed by atoms with van der Waals surface area (Å²) in [7, 11) is 0. The Morgan fingerprint density at radius 2 is 0.722 bits per heavy atom. The summed E-state index contributed by atoms with van der Waals surface area (Å²) in [5.74, 6) is -1.99. The summed E-state index contributed by atoms with van der Waals surface area (Å²) in [6.45, 7) is -0.189. The zero-order chi connectivity index (χ0) is 69.9. The van der Waals surface area contributed by atoms with Crippen LogP contribution in [0.4, 0.5) is 0 Å². The molecule has 97 heavy (non-hydrogen) atoms. The van der Waals surface area contributed by atoms with Crippen LogP contribution in [0.1, 0.15) is 34.1 Å². The smallest absolute Gasteiger partial charge is 0.187 e. The van der Waals surface area contributed by atoms with Crippen LogP contribution in [-0.2, 0) is 71.1 Å². The quantitative estimate of drug-likeness (QED) is 0.0377. The van der Waals surface area contributed by atoms with E-state index in [2.05, 4.69) is 0 Å². The summed E-state index contributed by atoms with van der Waals surface area (Å²) in [5, 5.41) is 240. The largest absolute Gasteiger partial charge is 0.668 e. The number of rotatable bonds is 25. The predicted molar refractivity (Wildman–Crippen MR) is 303 cm³/mol. The molecule has 0 saturated carbocycles. The van der Waals surface area contributed by atoms with Gasteiger partial charge in [0, 0.05) is 100.0 Å². The van der Waals surface area contributed by atoms with Gasteiger partial charge in [0.05, 0.1) is 95.1 Å². The molecule has 8 aliphatic rings. The zero-order valence-electron chi connectivity index (χ0n) is 53.2. The Morgan fingerprint density at radius 3 is 1.16 bits per heavy atom. The SMILES string of the molecule is C/C=C/C(O)[C@@H](C)CO[C@@H]1OC(CO)[C@@H](C[C@@H]2OC(CO[C@@H]3OC(CO)[C@@H](O[C@@H]4OC(CO)[C@H](O)C(O)C4O)C(OC4OC(C)[C@@H](O)C(O)C4O)C3[NH-])[C@H](O)C(O[C@@H]3OC(CO)[C@@H](O[C@@H]4OC(C)[C@@H](O)C(O)C4O)C(O[C@@H]4OC(CO)[C@H](O)C(O)C4O)C3[NH-])C2O)C(O)C1O.[Ac].[Ac]. The van der Waals surface area contributed by atoms with Gasteiger partial charge in [0.1, 0.15) is 153 Å². The minimum atomic E-state index is -2.20. The third kappa shape index (κ3) is 19.5. The van der Waals surface area contributed by atoms with Crippen molar-refractivity contribution in [2.75, 3.05) is 46.2 Å². The number of aliphatic hydroxyl groups is 22. The van der Waals surface area contributed by atoms with E-state index < -0.39 is 303 Å². The topological polar surface area (TPSA) is 631 Å². The van der Waals surface area contributed by atoms with Crippen molar-refractivity contribution in [3.05, 3.63) is 23.6 Å². The molecule has 24 N–H and O–H groups in total. The zero-order valence-corrected chi connectivity index (χ0v) is 62.7. The van der Waals surface area contributed by atoms with Gasteiger partial charge in [-0.2, -0.15) is 0 Å². The second-order valence-corrected chi connectivity index (χ2v) is 25.2. The van der Waals surface area contributed by atoms with Gasteiger partial charge in [0.15, 0.2) is 31.5 Å². The molecule has 0 aromatic rings. The second-order valence-electron chi connectivity index (χ2n) is 25.2. The van der Waals surface area contributed by atoms with Crippen LogP contribution < -0.4 is 0 Å². The van der Waals surface area contributed by atoms with Crippen molar-refractivity contribution in [1.29, 1.82) is 0 Å². The summed E-state index contributed by atoms with van der Waals surface area (Å²) >= 11 is 0. The van der Waals surface area contributed by atoms with Crippen LogP contribution in [-0.4, -0.2) is 404 Å². The van der Waals surface area contributed by atoms with Crippen LogP contribution >= 0.6 is 0 Å². The van der Waals surface area contributed by atoms with Crippen LogP contribution in [0.15, 0.2) is 12.2 Å². The molecule has 26 unspecified atom stereocenters. The van der Waals surface area contributed by atoms with Gasteiger partial charge in [-0.15, -0.1) is 0 Å². The molecular formula is C56H96Ac2N2O37-2. The molecular weight excluding hydrogens is 1750 g/mol. The monoisotopic (exact) mass is 1840 g/mol.